The number of halogens is 4. The second-order valence-corrected chi connectivity index (χ2v) is 7.02. The molecular formula is C20H17F4N3O4. The third kappa shape index (κ3) is 4.65. The fraction of sp³-hybridized carbons (Fsp3) is 0.300. The van der Waals surface area contributed by atoms with E-state index in [1.165, 1.54) is 16.7 Å². The number of hydrogen-bond donors (Lipinski definition) is 0. The molecule has 164 valence electrons. The lowest BCUT2D eigenvalue weighted by molar-refractivity contribution is -0.385. The molecule has 31 heavy (non-hydrogen) atoms. The van der Waals surface area contributed by atoms with Crippen molar-refractivity contribution in [1.82, 2.24) is 9.80 Å². The molecule has 1 aliphatic heterocycles. The molecule has 0 spiro atoms. The molecule has 0 atom stereocenters. The zero-order valence-electron chi connectivity index (χ0n) is 16.3. The van der Waals surface area contributed by atoms with Gasteiger partial charge < -0.3 is 9.80 Å². The summed E-state index contributed by atoms with van der Waals surface area (Å²) in [7, 11) is 0. The zero-order chi connectivity index (χ0) is 22.9. The minimum absolute atomic E-state index is 0.0870. The van der Waals surface area contributed by atoms with Crippen molar-refractivity contribution in [3.63, 3.8) is 0 Å². The number of carbonyl (C=O) groups excluding carboxylic acids is 2. The fourth-order valence-corrected chi connectivity index (χ4v) is 3.26. The average Bonchev–Trinajstić information content (AvgIpc) is 2.74. The lowest BCUT2D eigenvalue weighted by atomic mass is 10.1. The maximum absolute atomic E-state index is 14.0. The van der Waals surface area contributed by atoms with E-state index in [0.29, 0.717) is 0 Å². The van der Waals surface area contributed by atoms with Crippen LogP contribution in [-0.4, -0.2) is 52.7 Å². The van der Waals surface area contributed by atoms with Gasteiger partial charge in [-0.3, -0.25) is 19.7 Å². The van der Waals surface area contributed by atoms with Gasteiger partial charge in [0.1, 0.15) is 5.82 Å². The molecule has 0 N–H and O–H groups in total. The Bertz CT molecular complexity index is 1030. The smallest absolute Gasteiger partial charge is 0.335 e. The fourth-order valence-electron chi connectivity index (χ4n) is 3.26. The summed E-state index contributed by atoms with van der Waals surface area (Å²) in [5.41, 5.74) is -1.62. The van der Waals surface area contributed by atoms with Gasteiger partial charge in [0.05, 0.1) is 16.1 Å². The Balaban J connectivity index is 1.67. The predicted octanol–water partition coefficient (Wildman–Crippen LogP) is 3.66. The number of benzene rings is 2. The van der Waals surface area contributed by atoms with Crippen LogP contribution < -0.4 is 0 Å². The van der Waals surface area contributed by atoms with Gasteiger partial charge in [-0.1, -0.05) is 0 Å². The van der Waals surface area contributed by atoms with E-state index in [9.17, 15) is 37.3 Å². The highest BCUT2D eigenvalue weighted by atomic mass is 19.4. The minimum Gasteiger partial charge on any atom is -0.335 e. The number of nitro benzene ring substituents is 1. The van der Waals surface area contributed by atoms with Gasteiger partial charge in [-0.2, -0.15) is 13.2 Å². The normalized spacial score (nSPS) is 14.5. The first-order chi connectivity index (χ1) is 14.5. The molecule has 0 radical (unpaired) electrons. The third-order valence-electron chi connectivity index (χ3n) is 5.07. The molecule has 7 nitrogen and oxygen atoms in total. The number of carbonyl (C=O) groups is 2. The van der Waals surface area contributed by atoms with Crippen LogP contribution in [0.2, 0.25) is 0 Å². The quantitative estimate of drug-likeness (QED) is 0.415. The summed E-state index contributed by atoms with van der Waals surface area (Å²) in [6.07, 6.45) is -4.50. The molecule has 0 saturated carbocycles. The molecule has 0 unspecified atom stereocenters. The number of hydrogen-bond acceptors (Lipinski definition) is 4. The Morgan fingerprint density at radius 3 is 1.87 bits per heavy atom. The van der Waals surface area contributed by atoms with Crippen LogP contribution in [0.1, 0.15) is 31.8 Å². The lowest BCUT2D eigenvalue weighted by Gasteiger charge is -2.35. The van der Waals surface area contributed by atoms with Gasteiger partial charge in [0.25, 0.3) is 17.5 Å². The molecule has 3 rings (SSSR count). The molecular weight excluding hydrogens is 422 g/mol. The molecule has 0 aromatic heterocycles. The maximum Gasteiger partial charge on any atom is 0.416 e. The SMILES string of the molecule is Cc1c(F)cc(C(=O)N2CCN(C(=O)c3ccc(C(F)(F)F)cc3)CC2)cc1[N+](=O)[O-]. The Morgan fingerprint density at radius 2 is 1.42 bits per heavy atom. The standard InChI is InChI=1S/C20H17F4N3O4/c1-12-16(21)10-14(11-17(12)27(30)31)19(29)26-8-6-25(7-9-26)18(28)13-2-4-15(5-3-13)20(22,23)24/h2-5,10-11H,6-9H2,1H3. The van der Waals surface area contributed by atoms with E-state index >= 15 is 0 Å². The Kier molecular flexibility index (Phi) is 5.96. The van der Waals surface area contributed by atoms with Crippen molar-refractivity contribution in [1.29, 1.82) is 0 Å². The topological polar surface area (TPSA) is 83.8 Å². The average molecular weight is 439 g/mol. The number of alkyl halides is 3. The molecule has 1 heterocycles. The Labute approximate surface area is 174 Å². The first-order valence-corrected chi connectivity index (χ1v) is 9.19. The molecule has 1 fully saturated rings. The molecule has 1 aliphatic rings. The lowest BCUT2D eigenvalue weighted by Crippen LogP contribution is -2.50. The molecule has 1 saturated heterocycles. The molecule has 2 aromatic carbocycles. The van der Waals surface area contributed by atoms with Crippen LogP contribution in [0.4, 0.5) is 23.2 Å². The van der Waals surface area contributed by atoms with Crippen LogP contribution in [0.15, 0.2) is 36.4 Å². The Morgan fingerprint density at radius 1 is 0.935 bits per heavy atom. The second-order valence-electron chi connectivity index (χ2n) is 7.02. The third-order valence-corrected chi connectivity index (χ3v) is 5.07. The van der Waals surface area contributed by atoms with Crippen LogP contribution in [0.5, 0.6) is 0 Å². The number of nitro groups is 1. The summed E-state index contributed by atoms with van der Waals surface area (Å²) < 4.78 is 52.0. The first kappa shape index (κ1) is 22.2. The van der Waals surface area contributed by atoms with E-state index in [-0.39, 0.29) is 42.9 Å². The zero-order valence-corrected chi connectivity index (χ0v) is 16.3. The summed E-state index contributed by atoms with van der Waals surface area (Å²) in [5.74, 6) is -1.95. The van der Waals surface area contributed by atoms with E-state index in [1.54, 1.807) is 0 Å². The highest BCUT2D eigenvalue weighted by Gasteiger charge is 2.31. The van der Waals surface area contributed by atoms with Crippen molar-refractivity contribution < 1.29 is 32.1 Å². The summed E-state index contributed by atoms with van der Waals surface area (Å²) >= 11 is 0. The van der Waals surface area contributed by atoms with E-state index < -0.39 is 40.0 Å². The van der Waals surface area contributed by atoms with Crippen LogP contribution in [-0.2, 0) is 6.18 Å². The Hall–Kier alpha value is -3.50. The maximum atomic E-state index is 14.0. The van der Waals surface area contributed by atoms with Crippen molar-refractivity contribution in [3.8, 4) is 0 Å². The van der Waals surface area contributed by atoms with Gasteiger partial charge in [-0.15, -0.1) is 0 Å². The van der Waals surface area contributed by atoms with Gasteiger partial charge in [0, 0.05) is 43.4 Å². The monoisotopic (exact) mass is 439 g/mol. The van der Waals surface area contributed by atoms with E-state index in [0.717, 1.165) is 36.4 Å². The number of nitrogens with zero attached hydrogens (tertiary/aromatic N) is 3. The number of piperazine rings is 1. The second kappa shape index (κ2) is 8.32. The van der Waals surface area contributed by atoms with Crippen LogP contribution >= 0.6 is 0 Å². The number of rotatable bonds is 3. The molecule has 0 bridgehead atoms. The van der Waals surface area contributed by atoms with Crippen LogP contribution in [0, 0.1) is 22.9 Å². The largest absolute Gasteiger partial charge is 0.416 e. The summed E-state index contributed by atoms with van der Waals surface area (Å²) in [6.45, 7) is 1.65. The number of amides is 2. The summed E-state index contributed by atoms with van der Waals surface area (Å²) in [5, 5.41) is 11.1. The molecule has 11 heteroatoms. The molecule has 2 amide bonds. The molecule has 0 aliphatic carbocycles. The van der Waals surface area contributed by atoms with E-state index in [2.05, 4.69) is 0 Å². The summed E-state index contributed by atoms with van der Waals surface area (Å²) in [6, 6.07) is 5.79. The van der Waals surface area contributed by atoms with Crippen molar-refractivity contribution in [2.75, 3.05) is 26.2 Å². The first-order valence-electron chi connectivity index (χ1n) is 9.19. The predicted molar refractivity (Wildman–Crippen MR) is 101 cm³/mol. The van der Waals surface area contributed by atoms with Crippen LogP contribution in [0.25, 0.3) is 0 Å². The highest BCUT2D eigenvalue weighted by molar-refractivity contribution is 5.96. The van der Waals surface area contributed by atoms with Gasteiger partial charge in [-0.05, 0) is 37.3 Å². The van der Waals surface area contributed by atoms with Crippen molar-refractivity contribution in [2.24, 2.45) is 0 Å². The van der Waals surface area contributed by atoms with E-state index in [1.807, 2.05) is 0 Å². The van der Waals surface area contributed by atoms with E-state index in [4.69, 9.17) is 0 Å². The van der Waals surface area contributed by atoms with Crippen molar-refractivity contribution in [2.45, 2.75) is 13.1 Å². The van der Waals surface area contributed by atoms with Crippen molar-refractivity contribution >= 4 is 17.5 Å². The minimum atomic E-state index is -4.50. The van der Waals surface area contributed by atoms with Gasteiger partial charge in [0.15, 0.2) is 0 Å². The van der Waals surface area contributed by atoms with Crippen molar-refractivity contribution in [3.05, 3.63) is 74.6 Å². The van der Waals surface area contributed by atoms with Gasteiger partial charge >= 0.3 is 6.18 Å². The summed E-state index contributed by atoms with van der Waals surface area (Å²) in [4.78, 5) is 38.2. The molecule has 2 aromatic rings. The van der Waals surface area contributed by atoms with Crippen LogP contribution in [0.3, 0.4) is 0 Å². The van der Waals surface area contributed by atoms with Gasteiger partial charge in [0.2, 0.25) is 0 Å². The van der Waals surface area contributed by atoms with Gasteiger partial charge in [-0.25, -0.2) is 4.39 Å². The highest BCUT2D eigenvalue weighted by Crippen LogP contribution is 2.29.